The van der Waals surface area contributed by atoms with Crippen molar-refractivity contribution in [3.05, 3.63) is 193 Å². The molecule has 246 valence electrons. The number of aryl methyl sites for hydroxylation is 1. The first-order valence-corrected chi connectivity index (χ1v) is 18.1. The van der Waals surface area contributed by atoms with E-state index in [0.717, 1.165) is 46.8 Å². The molecule has 10 rings (SSSR count). The summed E-state index contributed by atoms with van der Waals surface area (Å²) in [5.41, 5.74) is 12.6. The largest absolute Gasteiger partial charge is 0.460 e. The summed E-state index contributed by atoms with van der Waals surface area (Å²) >= 11 is 0. The third-order valence-electron chi connectivity index (χ3n) is 10.5. The standard InChI is InChI=1S/C50H35NO/c1-2-14-37-32-39(27-26-34(37)12-1)38-16-9-17-41(33-38)51(40-30-28-36(29-31-40)43-21-10-15-35-13-3-4-18-42(35)43)47-23-7-5-19-44(47)45-22-11-25-49-50(45)46-20-6-8-24-48(46)52-49/h1-7,9-23,25-33H,8,24H2. The molecule has 0 spiro atoms. The van der Waals surface area contributed by atoms with Crippen LogP contribution in [0.2, 0.25) is 0 Å². The summed E-state index contributed by atoms with van der Waals surface area (Å²) < 4.78 is 6.44. The topological polar surface area (TPSA) is 16.4 Å². The summed E-state index contributed by atoms with van der Waals surface area (Å²) in [7, 11) is 0. The van der Waals surface area contributed by atoms with Crippen molar-refractivity contribution in [3.63, 3.8) is 0 Å². The molecule has 8 aromatic carbocycles. The number of rotatable bonds is 6. The van der Waals surface area contributed by atoms with Gasteiger partial charge >= 0.3 is 0 Å². The number of hydrogen-bond donors (Lipinski definition) is 0. The highest BCUT2D eigenvalue weighted by Crippen LogP contribution is 2.46. The molecular weight excluding hydrogens is 631 g/mol. The zero-order valence-corrected chi connectivity index (χ0v) is 28.7. The Hall–Kier alpha value is -6.64. The maximum atomic E-state index is 6.44. The van der Waals surface area contributed by atoms with Gasteiger partial charge in [-0.05, 0) is 98.2 Å². The van der Waals surface area contributed by atoms with Gasteiger partial charge in [0.25, 0.3) is 0 Å². The Bertz CT molecular complexity index is 2800. The lowest BCUT2D eigenvalue weighted by molar-refractivity contribution is 0.546. The minimum absolute atomic E-state index is 0.929. The van der Waals surface area contributed by atoms with E-state index >= 15 is 0 Å². The monoisotopic (exact) mass is 665 g/mol. The highest BCUT2D eigenvalue weighted by molar-refractivity contribution is 6.05. The molecule has 0 radical (unpaired) electrons. The molecule has 9 aromatic rings. The van der Waals surface area contributed by atoms with Gasteiger partial charge in [0.1, 0.15) is 11.3 Å². The fourth-order valence-corrected chi connectivity index (χ4v) is 8.01. The average molecular weight is 666 g/mol. The molecule has 0 atom stereocenters. The fourth-order valence-electron chi connectivity index (χ4n) is 8.01. The van der Waals surface area contributed by atoms with Crippen molar-refractivity contribution in [2.45, 2.75) is 12.8 Å². The van der Waals surface area contributed by atoms with Crippen LogP contribution in [-0.2, 0) is 6.42 Å². The third-order valence-corrected chi connectivity index (χ3v) is 10.5. The van der Waals surface area contributed by atoms with E-state index in [2.05, 4.69) is 193 Å². The van der Waals surface area contributed by atoms with Gasteiger partial charge in [0, 0.05) is 34.3 Å². The Morgan fingerprint density at radius 2 is 1.15 bits per heavy atom. The molecule has 1 aromatic heterocycles. The van der Waals surface area contributed by atoms with Crippen LogP contribution in [0.5, 0.6) is 0 Å². The van der Waals surface area contributed by atoms with Crippen LogP contribution in [0.25, 0.3) is 72.0 Å². The Morgan fingerprint density at radius 1 is 0.462 bits per heavy atom. The number of para-hydroxylation sites is 1. The Balaban J connectivity index is 1.16. The van der Waals surface area contributed by atoms with Gasteiger partial charge in [-0.15, -0.1) is 0 Å². The number of hydrogen-bond acceptors (Lipinski definition) is 2. The van der Waals surface area contributed by atoms with Gasteiger partial charge in [0.2, 0.25) is 0 Å². The van der Waals surface area contributed by atoms with Crippen LogP contribution >= 0.6 is 0 Å². The van der Waals surface area contributed by atoms with Crippen molar-refractivity contribution >= 4 is 55.7 Å². The SMILES string of the molecule is C1=Cc2c(oc3cccc(-c4ccccc4N(c4ccc(-c5cccc6ccccc56)cc4)c4cccc(-c5ccc6ccccc6c5)c4)c23)CC1. The second-order valence-corrected chi connectivity index (χ2v) is 13.6. The Morgan fingerprint density at radius 3 is 2.08 bits per heavy atom. The number of allylic oxidation sites excluding steroid dienone is 1. The lowest BCUT2D eigenvalue weighted by Crippen LogP contribution is -2.11. The molecule has 1 aliphatic carbocycles. The predicted molar refractivity (Wildman–Crippen MR) is 220 cm³/mol. The first-order valence-electron chi connectivity index (χ1n) is 18.1. The van der Waals surface area contributed by atoms with Gasteiger partial charge in [0.05, 0.1) is 5.69 Å². The van der Waals surface area contributed by atoms with Gasteiger partial charge in [-0.1, -0.05) is 146 Å². The first-order chi connectivity index (χ1) is 25.8. The maximum Gasteiger partial charge on any atom is 0.135 e. The van der Waals surface area contributed by atoms with E-state index in [4.69, 9.17) is 4.42 Å². The zero-order chi connectivity index (χ0) is 34.4. The molecule has 1 heterocycles. The van der Waals surface area contributed by atoms with E-state index in [1.54, 1.807) is 0 Å². The number of anilines is 3. The van der Waals surface area contributed by atoms with E-state index < -0.39 is 0 Å². The van der Waals surface area contributed by atoms with Crippen molar-refractivity contribution in [2.75, 3.05) is 4.90 Å². The van der Waals surface area contributed by atoms with Crippen LogP contribution in [-0.4, -0.2) is 0 Å². The van der Waals surface area contributed by atoms with Gasteiger partial charge in [-0.2, -0.15) is 0 Å². The second kappa shape index (κ2) is 12.6. The summed E-state index contributed by atoms with van der Waals surface area (Å²) in [6.07, 6.45) is 6.45. The highest BCUT2D eigenvalue weighted by atomic mass is 16.3. The van der Waals surface area contributed by atoms with Crippen LogP contribution in [0.3, 0.4) is 0 Å². The average Bonchev–Trinajstić information content (AvgIpc) is 3.60. The van der Waals surface area contributed by atoms with Crippen molar-refractivity contribution in [1.82, 2.24) is 0 Å². The smallest absolute Gasteiger partial charge is 0.135 e. The first kappa shape index (κ1) is 30.2. The van der Waals surface area contributed by atoms with Crippen LogP contribution in [0.15, 0.2) is 186 Å². The number of nitrogens with zero attached hydrogens (tertiary/aromatic N) is 1. The lowest BCUT2D eigenvalue weighted by Gasteiger charge is -2.28. The zero-order valence-electron chi connectivity index (χ0n) is 28.7. The van der Waals surface area contributed by atoms with Crippen molar-refractivity contribution in [2.24, 2.45) is 0 Å². The molecule has 52 heavy (non-hydrogen) atoms. The van der Waals surface area contributed by atoms with Crippen LogP contribution in [0, 0.1) is 0 Å². The van der Waals surface area contributed by atoms with E-state index in [1.807, 2.05) is 0 Å². The predicted octanol–water partition coefficient (Wildman–Crippen LogP) is 14.2. The molecular formula is C50H35NO. The molecule has 0 fully saturated rings. The molecule has 1 aliphatic rings. The third kappa shape index (κ3) is 5.20. The maximum absolute atomic E-state index is 6.44. The molecule has 0 aliphatic heterocycles. The van der Waals surface area contributed by atoms with Crippen LogP contribution in [0.1, 0.15) is 17.7 Å². The second-order valence-electron chi connectivity index (χ2n) is 13.6. The van der Waals surface area contributed by atoms with E-state index in [-0.39, 0.29) is 0 Å². The summed E-state index contributed by atoms with van der Waals surface area (Å²) in [6.45, 7) is 0. The van der Waals surface area contributed by atoms with Crippen molar-refractivity contribution in [1.29, 1.82) is 0 Å². The highest BCUT2D eigenvalue weighted by Gasteiger charge is 2.22. The summed E-state index contributed by atoms with van der Waals surface area (Å²) in [5.74, 6) is 1.08. The summed E-state index contributed by atoms with van der Waals surface area (Å²) in [6, 6.07) is 63.7. The summed E-state index contributed by atoms with van der Waals surface area (Å²) in [5, 5.41) is 6.17. The molecule has 0 unspecified atom stereocenters. The van der Waals surface area contributed by atoms with Gasteiger partial charge < -0.3 is 9.32 Å². The van der Waals surface area contributed by atoms with Crippen LogP contribution in [0.4, 0.5) is 17.1 Å². The molecule has 2 heteroatoms. The minimum atomic E-state index is 0.929. The molecule has 0 amide bonds. The molecule has 2 nitrogen and oxygen atoms in total. The van der Waals surface area contributed by atoms with Crippen molar-refractivity contribution < 1.29 is 4.42 Å². The lowest BCUT2D eigenvalue weighted by atomic mass is 9.93. The van der Waals surface area contributed by atoms with E-state index in [1.165, 1.54) is 60.3 Å². The Labute approximate surface area is 303 Å². The molecule has 0 saturated heterocycles. The normalized spacial score (nSPS) is 12.4. The number of fused-ring (bicyclic) bond motifs is 5. The van der Waals surface area contributed by atoms with Crippen molar-refractivity contribution in [3.8, 4) is 33.4 Å². The summed E-state index contributed by atoms with van der Waals surface area (Å²) in [4.78, 5) is 2.41. The fraction of sp³-hybridized carbons (Fsp3) is 0.0400. The minimum Gasteiger partial charge on any atom is -0.460 e. The van der Waals surface area contributed by atoms with Gasteiger partial charge in [-0.3, -0.25) is 0 Å². The molecule has 0 N–H and O–H groups in total. The van der Waals surface area contributed by atoms with Crippen LogP contribution < -0.4 is 4.90 Å². The molecule has 0 saturated carbocycles. The molecule has 0 bridgehead atoms. The van der Waals surface area contributed by atoms with E-state index in [0.29, 0.717) is 0 Å². The van der Waals surface area contributed by atoms with Gasteiger partial charge in [0.15, 0.2) is 0 Å². The van der Waals surface area contributed by atoms with E-state index in [9.17, 15) is 0 Å². The Kier molecular flexibility index (Phi) is 7.32. The quantitative estimate of drug-likeness (QED) is 0.176. The number of benzene rings is 8. The number of furan rings is 1. The van der Waals surface area contributed by atoms with Gasteiger partial charge in [-0.25, -0.2) is 0 Å².